The summed E-state index contributed by atoms with van der Waals surface area (Å²) in [5.41, 5.74) is -1.15. The fourth-order valence-corrected chi connectivity index (χ4v) is 1.86. The van der Waals surface area contributed by atoms with Crippen LogP contribution in [0.3, 0.4) is 0 Å². The van der Waals surface area contributed by atoms with Gasteiger partial charge in [0.2, 0.25) is 0 Å². The number of likely N-dealkylation sites (N-methyl/N-ethyl adjacent to an activating group) is 1. The Labute approximate surface area is 156 Å². The van der Waals surface area contributed by atoms with Gasteiger partial charge >= 0.3 is 12.1 Å². The maximum absolute atomic E-state index is 12.1. The molecule has 0 radical (unpaired) electrons. The topological polar surface area (TPSA) is 65.1 Å². The Hall–Kier alpha value is -1.63. The number of esters is 1. The SMILES string of the molecule is C=C(C(=O)OC(C)(C)C)C(=S)N(C)CC(CC)OC(=O)OC(C)(C)C. The Balaban J connectivity index is 4.74. The zero-order valence-electron chi connectivity index (χ0n) is 16.6. The monoisotopic (exact) mass is 373 g/mol. The fourth-order valence-electron chi connectivity index (χ4n) is 1.71. The van der Waals surface area contributed by atoms with Crippen molar-refractivity contribution in [2.45, 2.75) is 72.2 Å². The van der Waals surface area contributed by atoms with Crippen LogP contribution in [0.2, 0.25) is 0 Å². The van der Waals surface area contributed by atoms with E-state index in [0.29, 0.717) is 13.0 Å². The highest BCUT2D eigenvalue weighted by Crippen LogP contribution is 2.14. The molecule has 0 bridgehead atoms. The first kappa shape index (κ1) is 23.4. The summed E-state index contributed by atoms with van der Waals surface area (Å²) in [6.45, 7) is 16.5. The van der Waals surface area contributed by atoms with Crippen LogP contribution in [-0.4, -0.2) is 52.9 Å². The van der Waals surface area contributed by atoms with Crippen molar-refractivity contribution in [2.24, 2.45) is 0 Å². The average molecular weight is 374 g/mol. The number of carbonyl (C=O) groups is 2. The molecule has 0 aromatic carbocycles. The molecule has 25 heavy (non-hydrogen) atoms. The number of carbonyl (C=O) groups excluding carboxylic acids is 2. The third-order valence-corrected chi connectivity index (χ3v) is 3.39. The van der Waals surface area contributed by atoms with E-state index in [1.807, 2.05) is 6.92 Å². The molecule has 0 heterocycles. The van der Waals surface area contributed by atoms with Gasteiger partial charge in [-0.05, 0) is 48.0 Å². The largest absolute Gasteiger partial charge is 0.509 e. The minimum atomic E-state index is -0.732. The van der Waals surface area contributed by atoms with Gasteiger partial charge < -0.3 is 19.1 Å². The second-order valence-corrected chi connectivity index (χ2v) is 8.17. The average Bonchev–Trinajstić information content (AvgIpc) is 2.40. The number of hydrogen-bond acceptors (Lipinski definition) is 6. The van der Waals surface area contributed by atoms with E-state index in [9.17, 15) is 9.59 Å². The van der Waals surface area contributed by atoms with Crippen LogP contribution in [0.4, 0.5) is 4.79 Å². The smallest absolute Gasteiger partial charge is 0.456 e. The molecule has 1 unspecified atom stereocenters. The predicted octanol–water partition coefficient (Wildman–Crippen LogP) is 3.87. The van der Waals surface area contributed by atoms with Crippen molar-refractivity contribution in [3.8, 4) is 0 Å². The third-order valence-electron chi connectivity index (χ3n) is 2.84. The molecule has 0 saturated carbocycles. The van der Waals surface area contributed by atoms with Crippen LogP contribution in [0.1, 0.15) is 54.9 Å². The first-order valence-electron chi connectivity index (χ1n) is 8.23. The van der Waals surface area contributed by atoms with Crippen LogP contribution in [0.15, 0.2) is 12.2 Å². The summed E-state index contributed by atoms with van der Waals surface area (Å²) >= 11 is 5.29. The summed E-state index contributed by atoms with van der Waals surface area (Å²) in [4.78, 5) is 25.7. The number of rotatable bonds is 6. The minimum absolute atomic E-state index is 0.0968. The van der Waals surface area contributed by atoms with Gasteiger partial charge in [0, 0.05) is 7.05 Å². The molecule has 0 saturated heterocycles. The van der Waals surface area contributed by atoms with Gasteiger partial charge in [0.1, 0.15) is 22.3 Å². The van der Waals surface area contributed by atoms with Crippen molar-refractivity contribution < 1.29 is 23.8 Å². The predicted molar refractivity (Wildman–Crippen MR) is 102 cm³/mol. The van der Waals surface area contributed by atoms with E-state index in [1.54, 1.807) is 53.5 Å². The molecular formula is C18H31NO5S. The normalized spacial score (nSPS) is 12.8. The van der Waals surface area contributed by atoms with Crippen molar-refractivity contribution in [3.05, 3.63) is 12.2 Å². The maximum Gasteiger partial charge on any atom is 0.509 e. The van der Waals surface area contributed by atoms with Crippen LogP contribution in [0, 0.1) is 0 Å². The van der Waals surface area contributed by atoms with Crippen LogP contribution in [-0.2, 0) is 19.0 Å². The molecule has 144 valence electrons. The molecule has 0 rings (SSSR count). The molecule has 1 atom stereocenters. The summed E-state index contributed by atoms with van der Waals surface area (Å²) in [6.07, 6.45) is -0.584. The Kier molecular flexibility index (Phi) is 8.58. The van der Waals surface area contributed by atoms with Crippen molar-refractivity contribution in [2.75, 3.05) is 13.6 Å². The Morgan fingerprint density at radius 1 is 1.08 bits per heavy atom. The fraction of sp³-hybridized carbons (Fsp3) is 0.722. The lowest BCUT2D eigenvalue weighted by Crippen LogP contribution is -2.39. The number of ether oxygens (including phenoxy) is 3. The molecule has 0 aliphatic carbocycles. The molecule has 0 aliphatic heterocycles. The quantitative estimate of drug-likeness (QED) is 0.398. The second-order valence-electron chi connectivity index (χ2n) is 7.78. The van der Waals surface area contributed by atoms with Crippen molar-refractivity contribution in [3.63, 3.8) is 0 Å². The van der Waals surface area contributed by atoms with Crippen molar-refractivity contribution in [1.82, 2.24) is 4.90 Å². The lowest BCUT2D eigenvalue weighted by Gasteiger charge is -2.28. The number of nitrogens with zero attached hydrogens (tertiary/aromatic N) is 1. The van der Waals surface area contributed by atoms with Crippen molar-refractivity contribution in [1.29, 1.82) is 0 Å². The highest BCUT2D eigenvalue weighted by atomic mass is 32.1. The van der Waals surface area contributed by atoms with Crippen LogP contribution in [0.5, 0.6) is 0 Å². The lowest BCUT2D eigenvalue weighted by molar-refractivity contribution is -0.149. The molecule has 6 nitrogen and oxygen atoms in total. The molecular weight excluding hydrogens is 342 g/mol. The minimum Gasteiger partial charge on any atom is -0.456 e. The maximum atomic E-state index is 12.1. The molecule has 0 N–H and O–H groups in total. The molecule has 0 aromatic rings. The van der Waals surface area contributed by atoms with E-state index < -0.39 is 29.4 Å². The molecule has 0 amide bonds. The van der Waals surface area contributed by atoms with E-state index in [2.05, 4.69) is 6.58 Å². The Bertz CT molecular complexity index is 517. The zero-order valence-corrected chi connectivity index (χ0v) is 17.4. The summed E-state index contributed by atoms with van der Waals surface area (Å²) in [6, 6.07) is 0. The Morgan fingerprint density at radius 3 is 1.96 bits per heavy atom. The highest BCUT2D eigenvalue weighted by molar-refractivity contribution is 7.80. The van der Waals surface area contributed by atoms with E-state index in [0.717, 1.165) is 0 Å². The third kappa shape index (κ3) is 10.1. The molecule has 0 fully saturated rings. The van der Waals surface area contributed by atoms with Crippen LogP contribution < -0.4 is 0 Å². The van der Waals surface area contributed by atoms with Gasteiger partial charge in [-0.3, -0.25) is 0 Å². The van der Waals surface area contributed by atoms with E-state index in [4.69, 9.17) is 26.4 Å². The lowest BCUT2D eigenvalue weighted by atomic mass is 10.2. The number of thiocarbonyl (C=S) groups is 1. The van der Waals surface area contributed by atoms with E-state index in [-0.39, 0.29) is 10.6 Å². The van der Waals surface area contributed by atoms with Gasteiger partial charge in [0.05, 0.1) is 12.1 Å². The molecule has 0 aliphatic rings. The summed E-state index contributed by atoms with van der Waals surface area (Å²) in [7, 11) is 1.71. The highest BCUT2D eigenvalue weighted by Gasteiger charge is 2.25. The van der Waals surface area contributed by atoms with Crippen molar-refractivity contribution >= 4 is 29.3 Å². The molecule has 0 spiro atoms. The Morgan fingerprint density at radius 2 is 1.56 bits per heavy atom. The van der Waals surface area contributed by atoms with Gasteiger partial charge in [-0.15, -0.1) is 0 Å². The first-order chi connectivity index (χ1) is 11.2. The van der Waals surface area contributed by atoms with Gasteiger partial charge in [-0.1, -0.05) is 25.7 Å². The van der Waals surface area contributed by atoms with E-state index in [1.165, 1.54) is 0 Å². The molecule has 0 aromatic heterocycles. The van der Waals surface area contributed by atoms with Gasteiger partial charge in [0.15, 0.2) is 0 Å². The first-order valence-corrected chi connectivity index (χ1v) is 8.64. The van der Waals surface area contributed by atoms with Crippen LogP contribution >= 0.6 is 12.2 Å². The standard InChI is InChI=1S/C18H31NO5S/c1-10-13(22-16(21)24-18(6,7)8)11-19(9)14(25)12(2)15(20)23-17(3,4)5/h13H,2,10-11H2,1,3-9H3. The summed E-state index contributed by atoms with van der Waals surface area (Å²) in [5.74, 6) is -0.564. The second kappa shape index (κ2) is 9.17. The van der Waals surface area contributed by atoms with Crippen LogP contribution in [0.25, 0.3) is 0 Å². The molecule has 7 heteroatoms. The summed E-state index contributed by atoms with van der Waals surface area (Å²) < 4.78 is 15.7. The number of hydrogen-bond donors (Lipinski definition) is 0. The van der Waals surface area contributed by atoms with Gasteiger partial charge in [-0.25, -0.2) is 9.59 Å². The summed E-state index contributed by atoms with van der Waals surface area (Å²) in [5, 5.41) is 0. The zero-order chi connectivity index (χ0) is 20.0. The van der Waals surface area contributed by atoms with Gasteiger partial charge in [-0.2, -0.15) is 0 Å². The van der Waals surface area contributed by atoms with E-state index >= 15 is 0 Å². The van der Waals surface area contributed by atoms with Gasteiger partial charge in [0.25, 0.3) is 0 Å².